The van der Waals surface area contributed by atoms with Crippen LogP contribution in [-0.4, -0.2) is 31.9 Å². The molecule has 2 atom stereocenters. The maximum atomic E-state index is 10.2. The van der Waals surface area contributed by atoms with E-state index in [2.05, 4.69) is 23.0 Å². The third-order valence-corrected chi connectivity index (χ3v) is 3.87. The van der Waals surface area contributed by atoms with Gasteiger partial charge >= 0.3 is 0 Å². The second-order valence-corrected chi connectivity index (χ2v) is 6.06. The minimum absolute atomic E-state index is 0.432. The first kappa shape index (κ1) is 16.0. The Morgan fingerprint density at radius 3 is 2.43 bits per heavy atom. The zero-order chi connectivity index (χ0) is 15.1. The average molecular weight is 351 g/mol. The van der Waals surface area contributed by atoms with Gasteiger partial charge in [-0.3, -0.25) is 0 Å². The molecule has 112 valence electrons. The molecule has 21 heavy (non-hydrogen) atoms. The first-order valence-corrected chi connectivity index (χ1v) is 7.87. The molecule has 2 aromatic rings. The van der Waals surface area contributed by atoms with Crippen molar-refractivity contribution in [1.29, 1.82) is 0 Å². The SMILES string of the molecule is C[NH+](CCOc1ccc(Br)cc1)C[C@H](O)c1ccccc1. The van der Waals surface area contributed by atoms with Crippen molar-refractivity contribution in [3.63, 3.8) is 0 Å². The minimum Gasteiger partial charge on any atom is -0.488 e. The number of hydrogen-bond donors (Lipinski definition) is 2. The highest BCUT2D eigenvalue weighted by molar-refractivity contribution is 9.10. The first-order chi connectivity index (χ1) is 10.1. The summed E-state index contributed by atoms with van der Waals surface area (Å²) in [5.41, 5.74) is 0.964. The van der Waals surface area contributed by atoms with E-state index >= 15 is 0 Å². The number of quaternary nitrogens is 1. The summed E-state index contributed by atoms with van der Waals surface area (Å²) >= 11 is 3.40. The third kappa shape index (κ3) is 5.50. The van der Waals surface area contributed by atoms with E-state index in [-0.39, 0.29) is 0 Å². The van der Waals surface area contributed by atoms with Gasteiger partial charge < -0.3 is 14.7 Å². The minimum atomic E-state index is -0.432. The molecule has 0 aliphatic rings. The Bertz CT molecular complexity index is 530. The number of halogens is 1. The molecule has 2 aromatic carbocycles. The number of aliphatic hydroxyl groups excluding tert-OH is 1. The number of aliphatic hydroxyl groups is 1. The molecule has 0 radical (unpaired) electrons. The fourth-order valence-corrected chi connectivity index (χ4v) is 2.36. The summed E-state index contributed by atoms with van der Waals surface area (Å²) < 4.78 is 6.74. The summed E-state index contributed by atoms with van der Waals surface area (Å²) in [4.78, 5) is 1.24. The molecular weight excluding hydrogens is 330 g/mol. The number of rotatable bonds is 7. The zero-order valence-corrected chi connectivity index (χ0v) is 13.7. The molecule has 0 bridgehead atoms. The number of likely N-dealkylation sites (N-methyl/N-ethyl adjacent to an activating group) is 1. The van der Waals surface area contributed by atoms with Crippen molar-refractivity contribution in [2.75, 3.05) is 26.7 Å². The van der Waals surface area contributed by atoms with E-state index in [9.17, 15) is 5.11 Å². The van der Waals surface area contributed by atoms with E-state index in [0.29, 0.717) is 13.2 Å². The van der Waals surface area contributed by atoms with Crippen molar-refractivity contribution >= 4 is 15.9 Å². The lowest BCUT2D eigenvalue weighted by molar-refractivity contribution is -0.883. The molecular formula is C17H21BrNO2+. The average Bonchev–Trinajstić information content (AvgIpc) is 2.50. The highest BCUT2D eigenvalue weighted by Gasteiger charge is 2.13. The highest BCUT2D eigenvalue weighted by Crippen LogP contribution is 2.15. The summed E-state index contributed by atoms with van der Waals surface area (Å²) in [6.07, 6.45) is -0.432. The fourth-order valence-electron chi connectivity index (χ4n) is 2.10. The number of benzene rings is 2. The molecule has 2 rings (SSSR count). The predicted molar refractivity (Wildman–Crippen MR) is 87.7 cm³/mol. The molecule has 0 aromatic heterocycles. The van der Waals surface area contributed by atoms with Crippen LogP contribution >= 0.6 is 15.9 Å². The first-order valence-electron chi connectivity index (χ1n) is 7.08. The smallest absolute Gasteiger partial charge is 0.137 e. The summed E-state index contributed by atoms with van der Waals surface area (Å²) in [5, 5.41) is 10.2. The molecule has 0 amide bonds. The van der Waals surface area contributed by atoms with E-state index in [1.807, 2.05) is 54.6 Å². The van der Waals surface area contributed by atoms with Gasteiger partial charge in [0.2, 0.25) is 0 Å². The lowest BCUT2D eigenvalue weighted by Crippen LogP contribution is -3.10. The van der Waals surface area contributed by atoms with Gasteiger partial charge in [0.15, 0.2) is 0 Å². The molecule has 4 heteroatoms. The summed E-state index contributed by atoms with van der Waals surface area (Å²) in [7, 11) is 2.07. The van der Waals surface area contributed by atoms with Crippen LogP contribution in [0.25, 0.3) is 0 Å². The topological polar surface area (TPSA) is 33.9 Å². The molecule has 2 N–H and O–H groups in total. The molecule has 0 saturated carbocycles. The Hall–Kier alpha value is -1.36. The van der Waals surface area contributed by atoms with E-state index in [4.69, 9.17) is 4.74 Å². The molecule has 0 aliphatic heterocycles. The summed E-state index contributed by atoms with van der Waals surface area (Å²) in [6.45, 7) is 2.16. The third-order valence-electron chi connectivity index (χ3n) is 3.34. The maximum absolute atomic E-state index is 10.2. The van der Waals surface area contributed by atoms with Crippen LogP contribution in [0.3, 0.4) is 0 Å². The van der Waals surface area contributed by atoms with Gasteiger partial charge in [0.05, 0.1) is 7.05 Å². The van der Waals surface area contributed by atoms with Gasteiger partial charge in [-0.1, -0.05) is 46.3 Å². The van der Waals surface area contributed by atoms with Crippen LogP contribution in [0.15, 0.2) is 59.1 Å². The highest BCUT2D eigenvalue weighted by atomic mass is 79.9. The summed E-state index contributed by atoms with van der Waals surface area (Å²) in [6, 6.07) is 17.6. The Morgan fingerprint density at radius 2 is 1.76 bits per heavy atom. The summed E-state index contributed by atoms with van der Waals surface area (Å²) in [5.74, 6) is 0.870. The van der Waals surface area contributed by atoms with Gasteiger partial charge in [0.1, 0.15) is 31.5 Å². The van der Waals surface area contributed by atoms with Crippen molar-refractivity contribution < 1.29 is 14.7 Å². The molecule has 3 nitrogen and oxygen atoms in total. The maximum Gasteiger partial charge on any atom is 0.137 e. The van der Waals surface area contributed by atoms with Crippen LogP contribution in [0.1, 0.15) is 11.7 Å². The number of ether oxygens (including phenoxy) is 1. The van der Waals surface area contributed by atoms with Gasteiger partial charge in [-0.25, -0.2) is 0 Å². The van der Waals surface area contributed by atoms with Gasteiger partial charge in [-0.15, -0.1) is 0 Å². The van der Waals surface area contributed by atoms with Crippen LogP contribution in [0.4, 0.5) is 0 Å². The van der Waals surface area contributed by atoms with Crippen molar-refractivity contribution in [3.05, 3.63) is 64.6 Å². The normalized spacial score (nSPS) is 13.7. The quantitative estimate of drug-likeness (QED) is 0.801. The lowest BCUT2D eigenvalue weighted by atomic mass is 10.1. The molecule has 0 fully saturated rings. The van der Waals surface area contributed by atoms with Crippen molar-refractivity contribution in [3.8, 4) is 5.75 Å². The number of nitrogens with one attached hydrogen (secondary N) is 1. The van der Waals surface area contributed by atoms with E-state index in [1.165, 1.54) is 4.90 Å². The molecule has 0 spiro atoms. The molecule has 0 heterocycles. The Labute approximate surface area is 134 Å². The second kappa shape index (κ2) is 8.17. The fraction of sp³-hybridized carbons (Fsp3) is 0.294. The molecule has 0 aliphatic carbocycles. The zero-order valence-electron chi connectivity index (χ0n) is 12.1. The monoisotopic (exact) mass is 350 g/mol. The van der Waals surface area contributed by atoms with Crippen LogP contribution in [0, 0.1) is 0 Å². The van der Waals surface area contributed by atoms with Gasteiger partial charge in [-0.05, 0) is 29.8 Å². The molecule has 0 saturated heterocycles. The standard InChI is InChI=1S/C17H20BrNO2/c1-19(13-17(20)14-5-3-2-4-6-14)11-12-21-16-9-7-15(18)8-10-16/h2-10,17,20H,11-13H2,1H3/p+1/t17-/m0/s1. The lowest BCUT2D eigenvalue weighted by Gasteiger charge is -2.18. The van der Waals surface area contributed by atoms with Crippen LogP contribution in [0.2, 0.25) is 0 Å². The number of hydrogen-bond acceptors (Lipinski definition) is 2. The van der Waals surface area contributed by atoms with Crippen LogP contribution in [-0.2, 0) is 0 Å². The Kier molecular flexibility index (Phi) is 6.23. The van der Waals surface area contributed by atoms with Crippen molar-refractivity contribution in [2.45, 2.75) is 6.10 Å². The van der Waals surface area contributed by atoms with Gasteiger partial charge in [-0.2, -0.15) is 0 Å². The molecule has 1 unspecified atom stereocenters. The van der Waals surface area contributed by atoms with Crippen molar-refractivity contribution in [1.82, 2.24) is 0 Å². The van der Waals surface area contributed by atoms with Crippen molar-refractivity contribution in [2.24, 2.45) is 0 Å². The Balaban J connectivity index is 1.72. The van der Waals surface area contributed by atoms with Crippen LogP contribution < -0.4 is 9.64 Å². The van der Waals surface area contributed by atoms with Crippen LogP contribution in [0.5, 0.6) is 5.75 Å². The van der Waals surface area contributed by atoms with Gasteiger partial charge in [0, 0.05) is 4.47 Å². The second-order valence-electron chi connectivity index (χ2n) is 5.14. The van der Waals surface area contributed by atoms with Gasteiger partial charge in [0.25, 0.3) is 0 Å². The largest absolute Gasteiger partial charge is 0.488 e. The van der Waals surface area contributed by atoms with E-state index < -0.39 is 6.10 Å². The predicted octanol–water partition coefficient (Wildman–Crippen LogP) is 2.08. The van der Waals surface area contributed by atoms with E-state index in [0.717, 1.165) is 22.3 Å². The van der Waals surface area contributed by atoms with E-state index in [1.54, 1.807) is 0 Å². The Morgan fingerprint density at radius 1 is 1.10 bits per heavy atom.